The fourth-order valence-corrected chi connectivity index (χ4v) is 4.45. The van der Waals surface area contributed by atoms with Crippen LogP contribution in [0.5, 0.6) is 0 Å². The summed E-state index contributed by atoms with van der Waals surface area (Å²) in [5.74, 6) is -2.41. The van der Waals surface area contributed by atoms with E-state index in [-0.39, 0.29) is 18.2 Å². The van der Waals surface area contributed by atoms with Crippen LogP contribution in [0.4, 0.5) is 0 Å². The Balaban J connectivity index is 1.52. The first-order valence-corrected chi connectivity index (χ1v) is 13.5. The minimum absolute atomic E-state index is 0.186. The standard InChI is InChI=1S/C29H39N5O5/c1-5-20-8-6-9-22(16-20)23-13-11-21(17-30-23)12-14-25(35)32-26(18(2)3)27(36)31-19(4)28(37)34-15-7-10-24(33-34)29(38)39/h6,8-9,11,13,16-19,24,26,33H,5,7,10,12,14-15H2,1-4H3,(H,31,36)(H,32,35)(H,38,39). The first-order valence-electron chi connectivity index (χ1n) is 13.5. The van der Waals surface area contributed by atoms with Gasteiger partial charge in [-0.3, -0.25) is 29.2 Å². The fraction of sp³-hybridized carbons (Fsp3) is 0.483. The molecule has 0 bridgehead atoms. The van der Waals surface area contributed by atoms with Gasteiger partial charge in [0.15, 0.2) is 0 Å². The summed E-state index contributed by atoms with van der Waals surface area (Å²) < 4.78 is 0. The molecule has 1 aromatic heterocycles. The molecular weight excluding hydrogens is 498 g/mol. The number of aromatic nitrogens is 1. The molecule has 3 unspecified atom stereocenters. The summed E-state index contributed by atoms with van der Waals surface area (Å²) in [6, 6.07) is 9.60. The van der Waals surface area contributed by atoms with Crippen molar-refractivity contribution in [3.63, 3.8) is 0 Å². The lowest BCUT2D eigenvalue weighted by Gasteiger charge is -2.34. The number of nitrogens with zero attached hydrogens (tertiary/aromatic N) is 2. The molecule has 210 valence electrons. The number of carboxylic acids is 1. The number of carboxylic acid groups (broad SMARTS) is 1. The minimum atomic E-state index is -1.03. The summed E-state index contributed by atoms with van der Waals surface area (Å²) in [7, 11) is 0. The summed E-state index contributed by atoms with van der Waals surface area (Å²) in [6.45, 7) is 7.64. The molecule has 0 aliphatic carbocycles. The van der Waals surface area contributed by atoms with Crippen LogP contribution in [-0.2, 0) is 32.0 Å². The molecule has 4 N–H and O–H groups in total. The smallest absolute Gasteiger partial charge is 0.322 e. The van der Waals surface area contributed by atoms with Crippen molar-refractivity contribution in [1.82, 2.24) is 26.1 Å². The molecule has 39 heavy (non-hydrogen) atoms. The summed E-state index contributed by atoms with van der Waals surface area (Å²) in [5.41, 5.74) is 6.78. The Morgan fingerprint density at radius 3 is 2.51 bits per heavy atom. The predicted octanol–water partition coefficient (Wildman–Crippen LogP) is 2.47. The summed E-state index contributed by atoms with van der Waals surface area (Å²) >= 11 is 0. The van der Waals surface area contributed by atoms with E-state index in [1.54, 1.807) is 13.1 Å². The van der Waals surface area contributed by atoms with Crippen LogP contribution in [0.1, 0.15) is 58.1 Å². The lowest BCUT2D eigenvalue weighted by molar-refractivity contribution is -0.148. The van der Waals surface area contributed by atoms with Crippen LogP contribution >= 0.6 is 0 Å². The van der Waals surface area contributed by atoms with Gasteiger partial charge in [0.05, 0.1) is 5.69 Å². The van der Waals surface area contributed by atoms with Gasteiger partial charge in [0, 0.05) is 24.7 Å². The van der Waals surface area contributed by atoms with Gasteiger partial charge in [-0.25, -0.2) is 5.43 Å². The first-order chi connectivity index (χ1) is 18.6. The van der Waals surface area contributed by atoms with Crippen molar-refractivity contribution in [3.8, 4) is 11.3 Å². The second-order valence-electron chi connectivity index (χ2n) is 10.3. The van der Waals surface area contributed by atoms with Crippen molar-refractivity contribution in [1.29, 1.82) is 0 Å². The van der Waals surface area contributed by atoms with Crippen LogP contribution in [0.15, 0.2) is 42.6 Å². The average molecular weight is 538 g/mol. The van der Waals surface area contributed by atoms with Crippen molar-refractivity contribution in [3.05, 3.63) is 53.7 Å². The third kappa shape index (κ3) is 8.35. The van der Waals surface area contributed by atoms with Crippen LogP contribution in [0.3, 0.4) is 0 Å². The van der Waals surface area contributed by atoms with Crippen LogP contribution in [0.25, 0.3) is 11.3 Å². The molecule has 1 aliphatic heterocycles. The van der Waals surface area contributed by atoms with E-state index in [1.165, 1.54) is 10.6 Å². The SMILES string of the molecule is CCc1cccc(-c2ccc(CCC(=O)NC(C(=O)NC(C)C(=O)N3CCCC(C(=O)O)N3)C(C)C)cn2)c1. The molecule has 3 atom stereocenters. The Hall–Kier alpha value is -3.79. The van der Waals surface area contributed by atoms with E-state index in [4.69, 9.17) is 0 Å². The number of nitrogens with one attached hydrogen (secondary N) is 3. The largest absolute Gasteiger partial charge is 0.480 e. The van der Waals surface area contributed by atoms with Gasteiger partial charge in [0.1, 0.15) is 18.1 Å². The van der Waals surface area contributed by atoms with Crippen LogP contribution in [0.2, 0.25) is 0 Å². The number of hydrogen-bond acceptors (Lipinski definition) is 6. The second-order valence-corrected chi connectivity index (χ2v) is 10.3. The Morgan fingerprint density at radius 2 is 1.87 bits per heavy atom. The Bertz CT molecular complexity index is 1170. The maximum atomic E-state index is 13.0. The molecule has 0 radical (unpaired) electrons. The van der Waals surface area contributed by atoms with E-state index < -0.39 is 35.9 Å². The van der Waals surface area contributed by atoms with E-state index >= 15 is 0 Å². The van der Waals surface area contributed by atoms with E-state index in [0.717, 1.165) is 23.2 Å². The van der Waals surface area contributed by atoms with Gasteiger partial charge in [-0.1, -0.05) is 45.0 Å². The highest BCUT2D eigenvalue weighted by molar-refractivity contribution is 5.92. The normalized spacial score (nSPS) is 16.8. The molecule has 0 spiro atoms. The lowest BCUT2D eigenvalue weighted by Crippen LogP contribution is -2.60. The van der Waals surface area contributed by atoms with E-state index in [9.17, 15) is 24.3 Å². The molecule has 1 aromatic carbocycles. The zero-order valence-corrected chi connectivity index (χ0v) is 23.1. The maximum absolute atomic E-state index is 13.0. The zero-order chi connectivity index (χ0) is 28.5. The molecular formula is C29H39N5O5. The number of rotatable bonds is 11. The first kappa shape index (κ1) is 29.8. The number of carbonyl (C=O) groups excluding carboxylic acids is 3. The predicted molar refractivity (Wildman–Crippen MR) is 147 cm³/mol. The van der Waals surface area contributed by atoms with Crippen molar-refractivity contribution in [2.24, 2.45) is 5.92 Å². The third-order valence-electron chi connectivity index (χ3n) is 6.84. The number of hydrazine groups is 1. The molecule has 10 nitrogen and oxygen atoms in total. The average Bonchev–Trinajstić information content (AvgIpc) is 2.94. The topological polar surface area (TPSA) is 141 Å². The number of hydrogen-bond donors (Lipinski definition) is 4. The van der Waals surface area contributed by atoms with Gasteiger partial charge in [0.25, 0.3) is 5.91 Å². The molecule has 2 aromatic rings. The molecule has 3 amide bonds. The van der Waals surface area contributed by atoms with Gasteiger partial charge in [-0.15, -0.1) is 0 Å². The highest BCUT2D eigenvalue weighted by Gasteiger charge is 2.32. The van der Waals surface area contributed by atoms with Crippen molar-refractivity contribution in [2.45, 2.75) is 77.9 Å². The van der Waals surface area contributed by atoms with E-state index in [2.05, 4.69) is 40.1 Å². The Kier molecular flexibility index (Phi) is 10.6. The number of pyridine rings is 1. The maximum Gasteiger partial charge on any atom is 0.322 e. The number of carbonyl (C=O) groups is 4. The monoisotopic (exact) mass is 537 g/mol. The van der Waals surface area contributed by atoms with Gasteiger partial charge in [-0.2, -0.15) is 0 Å². The van der Waals surface area contributed by atoms with Crippen LogP contribution in [-0.4, -0.2) is 63.5 Å². The number of aliphatic carboxylic acids is 1. The van der Waals surface area contributed by atoms with Gasteiger partial charge < -0.3 is 15.7 Å². The van der Waals surface area contributed by atoms with E-state index in [1.807, 2.05) is 38.1 Å². The van der Waals surface area contributed by atoms with Crippen LogP contribution in [0, 0.1) is 5.92 Å². The number of aryl methyl sites for hydroxylation is 2. The summed E-state index contributed by atoms with van der Waals surface area (Å²) in [4.78, 5) is 54.3. The highest BCUT2D eigenvalue weighted by Crippen LogP contribution is 2.19. The lowest BCUT2D eigenvalue weighted by atomic mass is 10.0. The number of amides is 3. The molecule has 0 saturated carbocycles. The molecule has 1 fully saturated rings. The van der Waals surface area contributed by atoms with Gasteiger partial charge >= 0.3 is 5.97 Å². The van der Waals surface area contributed by atoms with Crippen molar-refractivity contribution in [2.75, 3.05) is 6.54 Å². The summed E-state index contributed by atoms with van der Waals surface area (Å²) in [5, 5.41) is 15.9. The van der Waals surface area contributed by atoms with Crippen LogP contribution < -0.4 is 16.1 Å². The van der Waals surface area contributed by atoms with Crippen molar-refractivity contribution >= 4 is 23.7 Å². The molecule has 1 saturated heterocycles. The second kappa shape index (κ2) is 13.8. The minimum Gasteiger partial charge on any atom is -0.480 e. The third-order valence-corrected chi connectivity index (χ3v) is 6.84. The quantitative estimate of drug-likeness (QED) is 0.345. The highest BCUT2D eigenvalue weighted by atomic mass is 16.4. The number of benzene rings is 1. The Labute approximate surface area is 229 Å². The Morgan fingerprint density at radius 1 is 1.10 bits per heavy atom. The fourth-order valence-electron chi connectivity index (χ4n) is 4.45. The molecule has 2 heterocycles. The summed E-state index contributed by atoms with van der Waals surface area (Å²) in [6.07, 6.45) is 4.35. The molecule has 10 heteroatoms. The zero-order valence-electron chi connectivity index (χ0n) is 23.1. The molecule has 1 aliphatic rings. The van der Waals surface area contributed by atoms with E-state index in [0.29, 0.717) is 25.8 Å². The van der Waals surface area contributed by atoms with Gasteiger partial charge in [-0.05, 0) is 61.8 Å². The van der Waals surface area contributed by atoms with Gasteiger partial charge in [0.2, 0.25) is 11.8 Å². The molecule has 3 rings (SSSR count). The van der Waals surface area contributed by atoms with Crippen molar-refractivity contribution < 1.29 is 24.3 Å².